The van der Waals surface area contributed by atoms with Crippen LogP contribution in [-0.2, 0) is 32.7 Å². The van der Waals surface area contributed by atoms with E-state index < -0.39 is 0 Å². The van der Waals surface area contributed by atoms with Crippen molar-refractivity contribution in [2.24, 2.45) is 0 Å². The fourth-order valence-electron chi connectivity index (χ4n) is 0.303. The number of hydrogen-bond acceptors (Lipinski definition) is 0. The van der Waals surface area contributed by atoms with Crippen molar-refractivity contribution in [1.29, 1.82) is 0 Å². The molecule has 43 valence electrons. The third kappa shape index (κ3) is 9.68. The van der Waals surface area contributed by atoms with Gasteiger partial charge in [0.25, 0.3) is 0 Å². The Kier molecular flexibility index (Phi) is 14.7. The molecule has 0 amide bonds. The van der Waals surface area contributed by atoms with Gasteiger partial charge in [0.1, 0.15) is 0 Å². The second-order valence-electron chi connectivity index (χ2n) is 1.26. The molecule has 0 heterocycles. The summed E-state index contributed by atoms with van der Waals surface area (Å²) in [4.78, 5) is 0. The van der Waals surface area contributed by atoms with Gasteiger partial charge >= 0.3 is 0 Å². The molecule has 0 spiro atoms. The zero-order valence-corrected chi connectivity index (χ0v) is 7.90. The van der Waals surface area contributed by atoms with Gasteiger partial charge in [-0.1, -0.05) is 0 Å². The monoisotopic (exact) mass is 183 g/mol. The second kappa shape index (κ2) is 10.4. The fraction of sp³-hybridized carbons (Fsp3) is 0.286. The minimum atomic E-state index is 0. The van der Waals surface area contributed by atoms with Crippen molar-refractivity contribution in [3.63, 3.8) is 0 Å². The molecule has 0 aliphatic rings. The number of hydrogen-bond donors (Lipinski definition) is 0. The molecule has 0 saturated carbocycles. The van der Waals surface area contributed by atoms with E-state index in [2.05, 4.69) is 19.6 Å². The van der Waals surface area contributed by atoms with Crippen LogP contribution >= 0.6 is 0 Å². The summed E-state index contributed by atoms with van der Waals surface area (Å²) in [6.45, 7) is 6.98. The molecular weight excluding hydrogens is 173 g/mol. The van der Waals surface area contributed by atoms with Gasteiger partial charge in [-0.25, -0.2) is 19.1 Å². The Morgan fingerprint density at radius 3 is 2.62 bits per heavy atom. The molecule has 0 atom stereocenters. The molecule has 8 heavy (non-hydrogen) atoms. The van der Waals surface area contributed by atoms with E-state index in [0.717, 1.165) is 12.8 Å². The Morgan fingerprint density at radius 1 is 1.62 bits per heavy atom. The minimum Gasteiger partial charge on any atom is -0.505 e. The van der Waals surface area contributed by atoms with E-state index in [1.54, 1.807) is 6.08 Å². The molecule has 0 nitrogen and oxygen atoms in total. The summed E-state index contributed by atoms with van der Waals surface area (Å²) in [5.41, 5.74) is 0. The summed E-state index contributed by atoms with van der Waals surface area (Å²) in [7, 11) is 0. The SMILES string of the molecule is C=[C-]CCC=C[CH2-].[Y]. The Bertz CT molecular complexity index is 64.8. The fourth-order valence-corrected chi connectivity index (χ4v) is 0.303. The van der Waals surface area contributed by atoms with E-state index in [-0.39, 0.29) is 32.7 Å². The second-order valence-corrected chi connectivity index (χ2v) is 1.26. The summed E-state index contributed by atoms with van der Waals surface area (Å²) in [5.74, 6) is 0. The van der Waals surface area contributed by atoms with E-state index in [0.29, 0.717) is 0 Å². The van der Waals surface area contributed by atoms with E-state index in [1.165, 1.54) is 0 Å². The Hall–Kier alpha value is 0.454. The zero-order valence-electron chi connectivity index (χ0n) is 5.06. The first-order valence-electron chi connectivity index (χ1n) is 2.36. The van der Waals surface area contributed by atoms with Crippen LogP contribution in [0, 0.1) is 13.0 Å². The molecule has 0 unspecified atom stereocenters. The Balaban J connectivity index is 0. The molecule has 0 aliphatic carbocycles. The predicted molar refractivity (Wildman–Crippen MR) is 32.6 cm³/mol. The average molecular weight is 183 g/mol. The van der Waals surface area contributed by atoms with E-state index in [9.17, 15) is 0 Å². The summed E-state index contributed by atoms with van der Waals surface area (Å²) in [6.07, 6.45) is 8.52. The van der Waals surface area contributed by atoms with Gasteiger partial charge in [-0.2, -0.15) is 6.42 Å². The summed E-state index contributed by atoms with van der Waals surface area (Å²) in [6, 6.07) is 0. The molecule has 0 rings (SSSR count). The van der Waals surface area contributed by atoms with Crippen LogP contribution in [0.2, 0.25) is 0 Å². The van der Waals surface area contributed by atoms with E-state index >= 15 is 0 Å². The molecule has 0 bridgehead atoms. The smallest absolute Gasteiger partial charge is 0 e. The van der Waals surface area contributed by atoms with E-state index in [1.807, 2.05) is 6.08 Å². The van der Waals surface area contributed by atoms with Gasteiger partial charge in [-0.3, -0.25) is 6.58 Å². The van der Waals surface area contributed by atoms with Gasteiger partial charge in [-0.15, -0.1) is 6.42 Å². The van der Waals surface area contributed by atoms with Gasteiger partial charge in [0.05, 0.1) is 0 Å². The first-order chi connectivity index (χ1) is 3.41. The third-order valence-corrected chi connectivity index (χ3v) is 0.654. The van der Waals surface area contributed by atoms with Crippen LogP contribution in [0.3, 0.4) is 0 Å². The van der Waals surface area contributed by atoms with Crippen LogP contribution in [0.4, 0.5) is 0 Å². The molecule has 0 aromatic rings. The van der Waals surface area contributed by atoms with Crippen molar-refractivity contribution < 1.29 is 32.7 Å². The van der Waals surface area contributed by atoms with Crippen LogP contribution in [0.15, 0.2) is 18.7 Å². The zero-order chi connectivity index (χ0) is 5.54. The number of unbranched alkanes of at least 4 members (excludes halogenated alkanes) is 1. The number of allylic oxidation sites excluding steroid dienone is 3. The number of rotatable bonds is 3. The van der Waals surface area contributed by atoms with Gasteiger partial charge in [0, 0.05) is 32.7 Å². The maximum atomic E-state index is 3.53. The van der Waals surface area contributed by atoms with Crippen molar-refractivity contribution in [1.82, 2.24) is 0 Å². The summed E-state index contributed by atoms with van der Waals surface area (Å²) >= 11 is 0. The quantitative estimate of drug-likeness (QED) is 0.464. The van der Waals surface area contributed by atoms with Crippen molar-refractivity contribution >= 4 is 0 Å². The van der Waals surface area contributed by atoms with Crippen molar-refractivity contribution in [3.05, 3.63) is 31.7 Å². The molecule has 1 heteroatoms. The standard InChI is InChI=1S/C7H10.Y/c1-3-5-7-6-4-2;/h3,5H,1-2,6-7H2;/q-2;. The molecule has 1 radical (unpaired) electrons. The van der Waals surface area contributed by atoms with Gasteiger partial charge in [-0.05, 0) is 0 Å². The van der Waals surface area contributed by atoms with Gasteiger partial charge in [0.15, 0.2) is 0 Å². The van der Waals surface area contributed by atoms with Gasteiger partial charge < -0.3 is 6.08 Å². The first-order valence-corrected chi connectivity index (χ1v) is 2.36. The molecule has 0 fully saturated rings. The van der Waals surface area contributed by atoms with Crippen LogP contribution in [0.1, 0.15) is 12.8 Å². The summed E-state index contributed by atoms with van der Waals surface area (Å²) < 4.78 is 0. The average Bonchev–Trinajstić information content (AvgIpc) is 1.69. The van der Waals surface area contributed by atoms with Crippen molar-refractivity contribution in [2.45, 2.75) is 12.8 Å². The van der Waals surface area contributed by atoms with Crippen LogP contribution < -0.4 is 0 Å². The molecule has 0 saturated heterocycles. The molecule has 0 N–H and O–H groups in total. The summed E-state index contributed by atoms with van der Waals surface area (Å²) in [5, 5.41) is 0. The van der Waals surface area contributed by atoms with E-state index in [4.69, 9.17) is 0 Å². The maximum absolute atomic E-state index is 3.53. The molecular formula is C7H10Y-2. The Labute approximate surface area is 76.9 Å². The predicted octanol–water partition coefficient (Wildman–Crippen LogP) is 2.14. The molecule has 0 aromatic carbocycles. The normalized spacial score (nSPS) is 8.50. The van der Waals surface area contributed by atoms with Crippen molar-refractivity contribution in [2.75, 3.05) is 0 Å². The first kappa shape index (κ1) is 11.3. The van der Waals surface area contributed by atoms with Crippen LogP contribution in [0.5, 0.6) is 0 Å². The Morgan fingerprint density at radius 2 is 2.25 bits per heavy atom. The largest absolute Gasteiger partial charge is 0.505 e. The van der Waals surface area contributed by atoms with Crippen LogP contribution in [0.25, 0.3) is 0 Å². The minimum absolute atomic E-state index is 0. The maximum Gasteiger partial charge on any atom is 0 e. The van der Waals surface area contributed by atoms with Gasteiger partial charge in [0.2, 0.25) is 0 Å². The van der Waals surface area contributed by atoms with Crippen molar-refractivity contribution in [3.8, 4) is 0 Å². The van der Waals surface area contributed by atoms with Crippen LogP contribution in [-0.4, -0.2) is 0 Å². The topological polar surface area (TPSA) is 0 Å². The molecule has 0 aliphatic heterocycles. The third-order valence-electron chi connectivity index (χ3n) is 0.654. The molecule has 0 aromatic heterocycles.